The average Bonchev–Trinajstić information content (AvgIpc) is 2.64. The highest BCUT2D eigenvalue weighted by atomic mass is 32.2. The summed E-state index contributed by atoms with van der Waals surface area (Å²) < 4.78 is 6.25. The molecule has 2 heterocycles. The van der Waals surface area contributed by atoms with E-state index in [1.54, 1.807) is 17.8 Å². The number of hydrogen-bond donors (Lipinski definition) is 0. The van der Waals surface area contributed by atoms with Crippen molar-refractivity contribution in [1.29, 1.82) is 0 Å². The van der Waals surface area contributed by atoms with E-state index in [9.17, 15) is 9.59 Å². The molecule has 0 atom stereocenters. The second-order valence-electron chi connectivity index (χ2n) is 7.29. The van der Waals surface area contributed by atoms with Crippen molar-refractivity contribution in [2.75, 3.05) is 6.26 Å². The number of hydrogen-bond acceptors (Lipinski definition) is 7. The van der Waals surface area contributed by atoms with Crippen LogP contribution in [0.25, 0.3) is 20.8 Å². The molecule has 0 fully saturated rings. The molecule has 28 heavy (non-hydrogen) atoms. The summed E-state index contributed by atoms with van der Waals surface area (Å²) in [6.45, 7) is 5.55. The van der Waals surface area contributed by atoms with E-state index < -0.39 is 5.60 Å². The Kier molecular flexibility index (Phi) is 6.15. The van der Waals surface area contributed by atoms with Crippen molar-refractivity contribution in [2.24, 2.45) is 0 Å². The van der Waals surface area contributed by atoms with E-state index in [1.807, 2.05) is 57.4 Å². The molecule has 2 aromatic heterocycles. The summed E-state index contributed by atoms with van der Waals surface area (Å²) in [5, 5.41) is 1.19. The summed E-state index contributed by atoms with van der Waals surface area (Å²) in [7, 11) is 0. The zero-order chi connectivity index (χ0) is 20.3. The van der Waals surface area contributed by atoms with Crippen LogP contribution in [0, 0.1) is 0 Å². The summed E-state index contributed by atoms with van der Waals surface area (Å²) >= 11 is 3.03. The Balaban J connectivity index is 1.91. The van der Waals surface area contributed by atoms with Crippen LogP contribution < -0.4 is 5.56 Å². The minimum absolute atomic E-state index is 0.251. The zero-order valence-electron chi connectivity index (χ0n) is 16.3. The number of benzene rings is 1. The maximum atomic E-state index is 12.4. The first-order valence-corrected chi connectivity index (χ1v) is 11.0. The molecule has 0 bridgehead atoms. The first-order valence-electron chi connectivity index (χ1n) is 8.92. The van der Waals surface area contributed by atoms with Gasteiger partial charge in [-0.25, -0.2) is 0 Å². The number of thioether (sulfide) groups is 1. The number of rotatable bonds is 5. The smallest absolute Gasteiger partial charge is 0.306 e. The van der Waals surface area contributed by atoms with Gasteiger partial charge in [0.2, 0.25) is 0 Å². The minimum atomic E-state index is -0.502. The Morgan fingerprint density at radius 1 is 1.18 bits per heavy atom. The largest absolute Gasteiger partial charge is 0.460 e. The standard InChI is InChI=1S/C21H22N2O3S2/c1-21(2,3)26-18(24)10-9-13-11-14(27-4)12-16(22-13)20-23-19(25)15-7-5-6-8-17(15)28-20/h5-8,11-12H,9-10H2,1-4H3. The lowest BCUT2D eigenvalue weighted by atomic mass is 10.1. The number of ether oxygens (including phenoxy) is 1. The van der Waals surface area contributed by atoms with Crippen LogP contribution in [0.2, 0.25) is 0 Å². The van der Waals surface area contributed by atoms with Crippen LogP contribution >= 0.6 is 23.1 Å². The van der Waals surface area contributed by atoms with Gasteiger partial charge in [-0.05, 0) is 51.3 Å². The molecule has 0 saturated carbocycles. The molecule has 1 aromatic carbocycles. The summed E-state index contributed by atoms with van der Waals surface area (Å²) in [6.07, 6.45) is 2.70. The highest BCUT2D eigenvalue weighted by Gasteiger charge is 2.17. The van der Waals surface area contributed by atoms with Crippen molar-refractivity contribution in [1.82, 2.24) is 9.97 Å². The topological polar surface area (TPSA) is 69.2 Å². The predicted molar refractivity (Wildman–Crippen MR) is 115 cm³/mol. The highest BCUT2D eigenvalue weighted by Crippen LogP contribution is 2.28. The minimum Gasteiger partial charge on any atom is -0.460 e. The fraction of sp³-hybridized carbons (Fsp3) is 0.333. The van der Waals surface area contributed by atoms with Crippen molar-refractivity contribution in [3.63, 3.8) is 0 Å². The Morgan fingerprint density at radius 3 is 2.64 bits per heavy atom. The second-order valence-corrected chi connectivity index (χ2v) is 9.20. The van der Waals surface area contributed by atoms with Gasteiger partial charge >= 0.3 is 5.97 Å². The van der Waals surface area contributed by atoms with Crippen LogP contribution in [0.4, 0.5) is 0 Å². The van der Waals surface area contributed by atoms with Crippen molar-refractivity contribution >= 4 is 39.2 Å². The third kappa shape index (κ3) is 5.17. The first kappa shape index (κ1) is 20.5. The molecule has 7 heteroatoms. The number of aromatic nitrogens is 2. The summed E-state index contributed by atoms with van der Waals surface area (Å²) in [6, 6.07) is 11.3. The highest BCUT2D eigenvalue weighted by molar-refractivity contribution is 7.98. The van der Waals surface area contributed by atoms with E-state index in [0.29, 0.717) is 22.5 Å². The van der Waals surface area contributed by atoms with Gasteiger partial charge in [0, 0.05) is 21.7 Å². The zero-order valence-corrected chi connectivity index (χ0v) is 17.9. The number of carbonyl (C=O) groups excluding carboxylic acids is 1. The average molecular weight is 415 g/mol. The van der Waals surface area contributed by atoms with Crippen molar-refractivity contribution in [2.45, 2.75) is 44.1 Å². The molecular formula is C21H22N2O3S2. The summed E-state index contributed by atoms with van der Waals surface area (Å²) in [5.74, 6) is -0.251. The van der Waals surface area contributed by atoms with E-state index >= 15 is 0 Å². The first-order chi connectivity index (χ1) is 13.2. The number of carbonyl (C=O) groups is 1. The van der Waals surface area contributed by atoms with Gasteiger partial charge in [0.25, 0.3) is 5.56 Å². The van der Waals surface area contributed by atoms with Crippen LogP contribution in [0.3, 0.4) is 0 Å². The maximum Gasteiger partial charge on any atom is 0.306 e. The van der Waals surface area contributed by atoms with Crippen molar-refractivity contribution in [3.8, 4) is 10.7 Å². The Labute approximate surface area is 172 Å². The summed E-state index contributed by atoms with van der Waals surface area (Å²) in [5.41, 5.74) is 0.676. The molecule has 146 valence electrons. The maximum absolute atomic E-state index is 12.4. The molecule has 0 spiro atoms. The molecule has 0 aliphatic rings. The van der Waals surface area contributed by atoms with Crippen molar-refractivity contribution < 1.29 is 9.53 Å². The lowest BCUT2D eigenvalue weighted by Gasteiger charge is -2.19. The molecule has 0 radical (unpaired) electrons. The van der Waals surface area contributed by atoms with Gasteiger partial charge in [-0.2, -0.15) is 4.98 Å². The van der Waals surface area contributed by atoms with E-state index in [2.05, 4.69) is 9.97 Å². The lowest BCUT2D eigenvalue weighted by Crippen LogP contribution is -2.24. The number of pyridine rings is 1. The number of aryl methyl sites for hydroxylation is 1. The second kappa shape index (κ2) is 8.41. The van der Waals surface area contributed by atoms with Gasteiger partial charge in [0.05, 0.1) is 11.8 Å². The quantitative estimate of drug-likeness (QED) is 0.445. The SMILES string of the molecule is CSc1cc(CCC(=O)OC(C)(C)C)nc(-c2nc(=O)c3ccccc3s2)c1. The molecule has 0 unspecified atom stereocenters. The van der Waals surface area contributed by atoms with Crippen LogP contribution in [0.1, 0.15) is 32.9 Å². The molecule has 0 saturated heterocycles. The summed E-state index contributed by atoms with van der Waals surface area (Å²) in [4.78, 5) is 34.3. The lowest BCUT2D eigenvalue weighted by molar-refractivity contribution is -0.154. The van der Waals surface area contributed by atoms with Crippen LogP contribution in [0.15, 0.2) is 46.1 Å². The normalized spacial score (nSPS) is 11.6. The van der Waals surface area contributed by atoms with Gasteiger partial charge < -0.3 is 4.74 Å². The van der Waals surface area contributed by atoms with E-state index in [-0.39, 0.29) is 17.9 Å². The Bertz CT molecular complexity index is 1070. The molecule has 0 N–H and O–H groups in total. The van der Waals surface area contributed by atoms with E-state index in [1.165, 1.54) is 11.3 Å². The third-order valence-corrected chi connectivity index (χ3v) is 5.62. The van der Waals surface area contributed by atoms with Gasteiger partial charge in [0.1, 0.15) is 16.3 Å². The molecule has 0 amide bonds. The van der Waals surface area contributed by atoms with Crippen LogP contribution in [-0.4, -0.2) is 27.8 Å². The predicted octanol–water partition coefficient (Wildman–Crippen LogP) is 4.71. The number of esters is 1. The Hall–Kier alpha value is -2.25. The van der Waals surface area contributed by atoms with Crippen molar-refractivity contribution in [3.05, 3.63) is 52.4 Å². The van der Waals surface area contributed by atoms with Gasteiger partial charge in [0.15, 0.2) is 0 Å². The molecule has 5 nitrogen and oxygen atoms in total. The Morgan fingerprint density at radius 2 is 1.93 bits per heavy atom. The molecule has 0 aliphatic carbocycles. The molecule has 3 rings (SSSR count). The molecule has 3 aromatic rings. The fourth-order valence-corrected chi connectivity index (χ4v) is 4.10. The third-order valence-electron chi connectivity index (χ3n) is 3.84. The number of fused-ring (bicyclic) bond motifs is 1. The van der Waals surface area contributed by atoms with E-state index in [4.69, 9.17) is 4.74 Å². The van der Waals surface area contributed by atoms with E-state index in [0.717, 1.165) is 15.3 Å². The monoisotopic (exact) mass is 414 g/mol. The van der Waals surface area contributed by atoms with Gasteiger partial charge in [-0.15, -0.1) is 23.1 Å². The van der Waals surface area contributed by atoms with Gasteiger partial charge in [-0.3, -0.25) is 14.6 Å². The fourth-order valence-electron chi connectivity index (χ4n) is 2.66. The molecular weight excluding hydrogens is 392 g/mol. The number of nitrogens with zero attached hydrogens (tertiary/aromatic N) is 2. The molecule has 0 aliphatic heterocycles. The van der Waals surface area contributed by atoms with Crippen LogP contribution in [0.5, 0.6) is 0 Å². The van der Waals surface area contributed by atoms with Gasteiger partial charge in [-0.1, -0.05) is 12.1 Å². The van der Waals surface area contributed by atoms with Crippen LogP contribution in [-0.2, 0) is 16.0 Å².